The molecule has 0 aliphatic heterocycles. The number of fused-ring (bicyclic) bond motifs is 1. The van der Waals surface area contributed by atoms with E-state index >= 15 is 0 Å². The van der Waals surface area contributed by atoms with Crippen LogP contribution in [0.4, 0.5) is 0 Å². The van der Waals surface area contributed by atoms with Crippen molar-refractivity contribution in [2.75, 3.05) is 0 Å². The number of rotatable bonds is 0. The van der Waals surface area contributed by atoms with Crippen LogP contribution in [0.5, 0.6) is 0 Å². The zero-order valence-corrected chi connectivity index (χ0v) is 8.03. The summed E-state index contributed by atoms with van der Waals surface area (Å²) in [5.41, 5.74) is 10.2. The van der Waals surface area contributed by atoms with Crippen molar-refractivity contribution in [3.63, 3.8) is 0 Å². The van der Waals surface area contributed by atoms with E-state index in [1.807, 2.05) is 0 Å². The topological polar surface area (TPSA) is 26.0 Å². The van der Waals surface area contributed by atoms with Gasteiger partial charge in [-0.1, -0.05) is 18.2 Å². The normalized spacial score (nSPS) is 20.0. The molecule has 66 valence electrons. The Hall–Kier alpha value is -0.530. The predicted octanol–water partition coefficient (Wildman–Crippen LogP) is 2.36. The molecule has 2 heteroatoms. The molecule has 2 rings (SSSR count). The van der Waals surface area contributed by atoms with Crippen molar-refractivity contribution in [2.45, 2.75) is 25.8 Å². The zero-order chi connectivity index (χ0) is 7.84. The third-order valence-electron chi connectivity index (χ3n) is 2.55. The summed E-state index contributed by atoms with van der Waals surface area (Å²) >= 11 is 0. The molecular formula is C10H14ClN. The Morgan fingerprint density at radius 2 is 2.17 bits per heavy atom. The van der Waals surface area contributed by atoms with Gasteiger partial charge in [-0.3, -0.25) is 0 Å². The van der Waals surface area contributed by atoms with E-state index in [1.165, 1.54) is 23.1 Å². The number of benzene rings is 1. The second kappa shape index (κ2) is 3.46. The Bertz CT molecular complexity index is 283. The van der Waals surface area contributed by atoms with Gasteiger partial charge in [-0.2, -0.15) is 0 Å². The van der Waals surface area contributed by atoms with Crippen LogP contribution >= 0.6 is 12.4 Å². The molecular weight excluding hydrogens is 170 g/mol. The first-order chi connectivity index (χ1) is 5.29. The summed E-state index contributed by atoms with van der Waals surface area (Å²) in [7, 11) is 0. The highest BCUT2D eigenvalue weighted by atomic mass is 35.5. The summed E-state index contributed by atoms with van der Waals surface area (Å²) in [5, 5.41) is 0. The molecule has 0 heterocycles. The minimum absolute atomic E-state index is 0. The summed E-state index contributed by atoms with van der Waals surface area (Å²) in [6.07, 6.45) is 2.30. The van der Waals surface area contributed by atoms with Crippen molar-refractivity contribution in [2.24, 2.45) is 5.73 Å². The van der Waals surface area contributed by atoms with Crippen LogP contribution in [-0.2, 0) is 6.42 Å². The van der Waals surface area contributed by atoms with E-state index in [-0.39, 0.29) is 12.4 Å². The average Bonchev–Trinajstić information content (AvgIpc) is 2.35. The molecule has 0 fully saturated rings. The number of hydrogen-bond donors (Lipinski definition) is 1. The maximum absolute atomic E-state index is 5.92. The number of nitrogens with two attached hydrogens (primary N) is 1. The monoisotopic (exact) mass is 183 g/mol. The average molecular weight is 184 g/mol. The van der Waals surface area contributed by atoms with Crippen LogP contribution in [0.2, 0.25) is 0 Å². The highest BCUT2D eigenvalue weighted by molar-refractivity contribution is 5.85. The fraction of sp³-hybridized carbons (Fsp3) is 0.400. The van der Waals surface area contributed by atoms with Crippen LogP contribution in [0.25, 0.3) is 0 Å². The van der Waals surface area contributed by atoms with E-state index in [2.05, 4.69) is 25.1 Å². The van der Waals surface area contributed by atoms with Crippen LogP contribution in [0.3, 0.4) is 0 Å². The quantitative estimate of drug-likeness (QED) is 0.657. The maximum atomic E-state index is 5.92. The third kappa shape index (κ3) is 1.35. The molecule has 1 atom stereocenters. The SMILES string of the molecule is Cc1cccc2c1CC[C@@H]2N.Cl. The van der Waals surface area contributed by atoms with Gasteiger partial charge in [0.1, 0.15) is 0 Å². The first kappa shape index (κ1) is 9.56. The van der Waals surface area contributed by atoms with E-state index in [0.29, 0.717) is 6.04 Å². The summed E-state index contributed by atoms with van der Waals surface area (Å²) in [4.78, 5) is 0. The molecule has 12 heavy (non-hydrogen) atoms. The van der Waals surface area contributed by atoms with Crippen molar-refractivity contribution >= 4 is 12.4 Å². The van der Waals surface area contributed by atoms with Crippen LogP contribution in [0.1, 0.15) is 29.2 Å². The molecule has 1 aromatic carbocycles. The highest BCUT2D eigenvalue weighted by Crippen LogP contribution is 2.30. The molecule has 0 amide bonds. The first-order valence-corrected chi connectivity index (χ1v) is 4.13. The smallest absolute Gasteiger partial charge is 0.0300 e. The standard InChI is InChI=1S/C10H13N.ClH/c1-7-3-2-4-9-8(7)5-6-10(9)11;/h2-4,10H,5-6,11H2,1H3;1H/t10-;/m0./s1. The molecule has 2 N–H and O–H groups in total. The van der Waals surface area contributed by atoms with E-state index in [4.69, 9.17) is 5.73 Å². The van der Waals surface area contributed by atoms with Crippen molar-refractivity contribution < 1.29 is 0 Å². The number of hydrogen-bond acceptors (Lipinski definition) is 1. The van der Waals surface area contributed by atoms with E-state index < -0.39 is 0 Å². The molecule has 0 unspecified atom stereocenters. The molecule has 0 aromatic heterocycles. The van der Waals surface area contributed by atoms with Gasteiger partial charge in [-0.05, 0) is 36.5 Å². The van der Waals surface area contributed by atoms with Crippen LogP contribution in [-0.4, -0.2) is 0 Å². The molecule has 1 aliphatic rings. The summed E-state index contributed by atoms with van der Waals surface area (Å²) in [6.45, 7) is 2.16. The van der Waals surface area contributed by atoms with E-state index in [0.717, 1.165) is 6.42 Å². The molecule has 0 saturated heterocycles. The molecule has 0 radical (unpaired) electrons. The van der Waals surface area contributed by atoms with E-state index in [1.54, 1.807) is 0 Å². The Labute approximate surface area is 79.4 Å². The lowest BCUT2D eigenvalue weighted by Gasteiger charge is -2.05. The van der Waals surface area contributed by atoms with Crippen molar-refractivity contribution in [3.05, 3.63) is 34.9 Å². The van der Waals surface area contributed by atoms with Gasteiger partial charge in [0.2, 0.25) is 0 Å². The van der Waals surface area contributed by atoms with Gasteiger partial charge in [0, 0.05) is 6.04 Å². The molecule has 1 aromatic rings. The third-order valence-corrected chi connectivity index (χ3v) is 2.55. The Kier molecular flexibility index (Phi) is 2.76. The van der Waals surface area contributed by atoms with Crippen LogP contribution < -0.4 is 5.73 Å². The minimum atomic E-state index is 0. The zero-order valence-electron chi connectivity index (χ0n) is 7.21. The van der Waals surface area contributed by atoms with Crippen molar-refractivity contribution in [3.8, 4) is 0 Å². The molecule has 0 saturated carbocycles. The van der Waals surface area contributed by atoms with Gasteiger partial charge in [0.25, 0.3) is 0 Å². The van der Waals surface area contributed by atoms with Gasteiger partial charge >= 0.3 is 0 Å². The van der Waals surface area contributed by atoms with Crippen molar-refractivity contribution in [1.82, 2.24) is 0 Å². The van der Waals surface area contributed by atoms with Gasteiger partial charge in [0.05, 0.1) is 0 Å². The number of aryl methyl sites for hydroxylation is 1. The minimum Gasteiger partial charge on any atom is -0.324 e. The van der Waals surface area contributed by atoms with Crippen LogP contribution in [0, 0.1) is 6.92 Å². The second-order valence-electron chi connectivity index (χ2n) is 3.29. The Balaban J connectivity index is 0.000000720. The maximum Gasteiger partial charge on any atom is 0.0300 e. The lowest BCUT2D eigenvalue weighted by molar-refractivity contribution is 0.713. The highest BCUT2D eigenvalue weighted by Gasteiger charge is 2.19. The van der Waals surface area contributed by atoms with Gasteiger partial charge in [-0.25, -0.2) is 0 Å². The summed E-state index contributed by atoms with van der Waals surface area (Å²) in [6, 6.07) is 6.71. The largest absolute Gasteiger partial charge is 0.324 e. The molecule has 0 bridgehead atoms. The predicted molar refractivity (Wildman–Crippen MR) is 53.7 cm³/mol. The Morgan fingerprint density at radius 3 is 2.83 bits per heavy atom. The first-order valence-electron chi connectivity index (χ1n) is 4.13. The lowest BCUT2D eigenvalue weighted by Crippen LogP contribution is -2.04. The lowest BCUT2D eigenvalue weighted by atomic mass is 10.0. The summed E-state index contributed by atoms with van der Waals surface area (Å²) < 4.78 is 0. The van der Waals surface area contributed by atoms with Crippen molar-refractivity contribution in [1.29, 1.82) is 0 Å². The second-order valence-corrected chi connectivity index (χ2v) is 3.29. The van der Waals surface area contributed by atoms with Gasteiger partial charge in [-0.15, -0.1) is 12.4 Å². The van der Waals surface area contributed by atoms with Crippen LogP contribution in [0.15, 0.2) is 18.2 Å². The number of halogens is 1. The molecule has 1 nitrogen and oxygen atoms in total. The van der Waals surface area contributed by atoms with Gasteiger partial charge < -0.3 is 5.73 Å². The molecule has 0 spiro atoms. The Morgan fingerprint density at radius 1 is 1.42 bits per heavy atom. The summed E-state index contributed by atoms with van der Waals surface area (Å²) in [5.74, 6) is 0. The van der Waals surface area contributed by atoms with E-state index in [9.17, 15) is 0 Å². The van der Waals surface area contributed by atoms with Gasteiger partial charge in [0.15, 0.2) is 0 Å². The molecule has 1 aliphatic carbocycles. The fourth-order valence-corrected chi connectivity index (χ4v) is 1.87. The fourth-order valence-electron chi connectivity index (χ4n) is 1.87.